The van der Waals surface area contributed by atoms with E-state index in [0.29, 0.717) is 5.82 Å². The van der Waals surface area contributed by atoms with E-state index >= 15 is 0 Å². The van der Waals surface area contributed by atoms with Crippen LogP contribution in [-0.2, 0) is 4.79 Å². The molecular weight excluding hydrogens is 142 g/mol. The molecule has 1 aromatic rings. The van der Waals surface area contributed by atoms with Crippen molar-refractivity contribution in [2.75, 3.05) is 5.32 Å². The van der Waals surface area contributed by atoms with Crippen molar-refractivity contribution < 1.29 is 4.79 Å². The number of anilines is 1. The van der Waals surface area contributed by atoms with Crippen molar-refractivity contribution in [3.05, 3.63) is 18.1 Å². The van der Waals surface area contributed by atoms with Gasteiger partial charge in [-0.05, 0) is 6.92 Å². The maximum absolute atomic E-state index is 10.6. The van der Waals surface area contributed by atoms with Crippen LogP contribution in [0.2, 0.25) is 0 Å². The van der Waals surface area contributed by atoms with E-state index in [1.54, 1.807) is 13.1 Å². The molecule has 1 aromatic heterocycles. The second-order valence-electron chi connectivity index (χ2n) is 2.17. The van der Waals surface area contributed by atoms with E-state index < -0.39 is 0 Å². The van der Waals surface area contributed by atoms with Crippen LogP contribution in [0.4, 0.5) is 5.82 Å². The lowest BCUT2D eigenvalue weighted by Crippen LogP contribution is -2.09. The van der Waals surface area contributed by atoms with Gasteiger partial charge in [0.15, 0.2) is 5.82 Å². The van der Waals surface area contributed by atoms with Crippen LogP contribution >= 0.6 is 0 Å². The van der Waals surface area contributed by atoms with Crippen LogP contribution in [0.1, 0.15) is 12.6 Å². The first-order valence-electron chi connectivity index (χ1n) is 3.25. The normalized spacial score (nSPS) is 9.27. The summed E-state index contributed by atoms with van der Waals surface area (Å²) < 4.78 is 0. The van der Waals surface area contributed by atoms with Gasteiger partial charge in [-0.1, -0.05) is 0 Å². The number of rotatable bonds is 1. The minimum atomic E-state index is -0.131. The fraction of sp³-hybridized carbons (Fsp3) is 0.286. The highest BCUT2D eigenvalue weighted by atomic mass is 16.1. The standard InChI is InChI=1S/C7H9N3O/c1-5-7(10-6(2)11)9-4-3-8-5/h3-4H,1-2H3,(H,9,10,11). The molecule has 0 unspecified atom stereocenters. The topological polar surface area (TPSA) is 54.9 Å². The quantitative estimate of drug-likeness (QED) is 0.644. The molecule has 0 radical (unpaired) electrons. The zero-order chi connectivity index (χ0) is 8.27. The Labute approximate surface area is 64.7 Å². The molecule has 1 N–H and O–H groups in total. The van der Waals surface area contributed by atoms with E-state index in [1.807, 2.05) is 0 Å². The molecule has 0 saturated carbocycles. The highest BCUT2D eigenvalue weighted by molar-refractivity contribution is 5.87. The molecule has 0 aliphatic rings. The van der Waals surface area contributed by atoms with Gasteiger partial charge in [0.2, 0.25) is 5.91 Å². The summed E-state index contributed by atoms with van der Waals surface area (Å²) in [6.07, 6.45) is 3.12. The number of nitrogens with one attached hydrogen (secondary N) is 1. The number of carbonyl (C=O) groups excluding carboxylic acids is 1. The van der Waals surface area contributed by atoms with Crippen molar-refractivity contribution in [2.24, 2.45) is 0 Å². The van der Waals surface area contributed by atoms with Gasteiger partial charge in [0.1, 0.15) is 0 Å². The molecule has 1 heterocycles. The molecule has 11 heavy (non-hydrogen) atoms. The first kappa shape index (κ1) is 7.65. The highest BCUT2D eigenvalue weighted by Crippen LogP contribution is 2.04. The maximum Gasteiger partial charge on any atom is 0.222 e. The zero-order valence-corrected chi connectivity index (χ0v) is 6.46. The lowest BCUT2D eigenvalue weighted by molar-refractivity contribution is -0.114. The minimum absolute atomic E-state index is 0.131. The maximum atomic E-state index is 10.6. The molecule has 4 nitrogen and oxygen atoms in total. The van der Waals surface area contributed by atoms with Crippen LogP contribution in [0.15, 0.2) is 12.4 Å². The number of carbonyl (C=O) groups is 1. The molecule has 1 rings (SSSR count). The van der Waals surface area contributed by atoms with Gasteiger partial charge in [-0.3, -0.25) is 9.78 Å². The Bertz CT molecular complexity index is 272. The number of hydrogen-bond donors (Lipinski definition) is 1. The number of nitrogens with zero attached hydrogens (tertiary/aromatic N) is 2. The Kier molecular flexibility index (Phi) is 2.15. The summed E-state index contributed by atoms with van der Waals surface area (Å²) in [5, 5.41) is 2.56. The third-order valence-corrected chi connectivity index (χ3v) is 1.18. The fourth-order valence-corrected chi connectivity index (χ4v) is 0.697. The average molecular weight is 151 g/mol. The average Bonchev–Trinajstić information content (AvgIpc) is 1.93. The number of aromatic nitrogens is 2. The largest absolute Gasteiger partial charge is 0.309 e. The third kappa shape index (κ3) is 2.00. The summed E-state index contributed by atoms with van der Waals surface area (Å²) in [5.74, 6) is 0.397. The molecule has 0 saturated heterocycles. The van der Waals surface area contributed by atoms with Gasteiger partial charge in [0, 0.05) is 19.3 Å². The first-order valence-corrected chi connectivity index (χ1v) is 3.25. The number of aryl methyl sites for hydroxylation is 1. The van der Waals surface area contributed by atoms with Crippen LogP contribution in [0.25, 0.3) is 0 Å². The lowest BCUT2D eigenvalue weighted by Gasteiger charge is -2.01. The second kappa shape index (κ2) is 3.09. The molecule has 0 aromatic carbocycles. The van der Waals surface area contributed by atoms with Crippen LogP contribution < -0.4 is 5.32 Å². The van der Waals surface area contributed by atoms with Gasteiger partial charge in [-0.2, -0.15) is 0 Å². The molecule has 0 bridgehead atoms. The van der Waals surface area contributed by atoms with Gasteiger partial charge >= 0.3 is 0 Å². The molecule has 4 heteroatoms. The van der Waals surface area contributed by atoms with Crippen LogP contribution in [0.3, 0.4) is 0 Å². The van der Waals surface area contributed by atoms with Crippen molar-refractivity contribution in [1.29, 1.82) is 0 Å². The number of hydrogen-bond acceptors (Lipinski definition) is 3. The second-order valence-corrected chi connectivity index (χ2v) is 2.17. The van der Waals surface area contributed by atoms with Crippen molar-refractivity contribution in [3.8, 4) is 0 Å². The Hall–Kier alpha value is -1.45. The predicted octanol–water partition coefficient (Wildman–Crippen LogP) is 0.743. The molecule has 0 atom stereocenters. The summed E-state index contributed by atoms with van der Waals surface area (Å²) in [6, 6.07) is 0. The van der Waals surface area contributed by atoms with E-state index in [4.69, 9.17) is 0 Å². The van der Waals surface area contributed by atoms with Crippen LogP contribution in [0, 0.1) is 6.92 Å². The summed E-state index contributed by atoms with van der Waals surface area (Å²) in [4.78, 5) is 18.5. The van der Waals surface area contributed by atoms with Gasteiger partial charge in [-0.25, -0.2) is 4.98 Å². The Morgan fingerprint density at radius 1 is 1.45 bits per heavy atom. The van der Waals surface area contributed by atoms with Gasteiger partial charge in [-0.15, -0.1) is 0 Å². The van der Waals surface area contributed by atoms with Crippen LogP contribution in [0.5, 0.6) is 0 Å². The highest BCUT2D eigenvalue weighted by Gasteiger charge is 1.99. The molecule has 0 spiro atoms. The Morgan fingerprint density at radius 2 is 2.09 bits per heavy atom. The molecular formula is C7H9N3O. The monoisotopic (exact) mass is 151 g/mol. The molecule has 0 aliphatic heterocycles. The minimum Gasteiger partial charge on any atom is -0.309 e. The lowest BCUT2D eigenvalue weighted by atomic mass is 10.4. The van der Waals surface area contributed by atoms with E-state index in [9.17, 15) is 4.79 Å². The Balaban J connectivity index is 2.86. The summed E-state index contributed by atoms with van der Waals surface area (Å²) >= 11 is 0. The van der Waals surface area contributed by atoms with Crippen molar-refractivity contribution in [2.45, 2.75) is 13.8 Å². The smallest absolute Gasteiger partial charge is 0.222 e. The fourth-order valence-electron chi connectivity index (χ4n) is 0.697. The van der Waals surface area contributed by atoms with E-state index in [2.05, 4.69) is 15.3 Å². The molecule has 1 amide bonds. The van der Waals surface area contributed by atoms with Gasteiger partial charge in [0.25, 0.3) is 0 Å². The van der Waals surface area contributed by atoms with E-state index in [-0.39, 0.29) is 5.91 Å². The SMILES string of the molecule is CC(=O)Nc1nccnc1C. The number of amides is 1. The summed E-state index contributed by atoms with van der Waals surface area (Å²) in [5.41, 5.74) is 0.725. The van der Waals surface area contributed by atoms with Crippen molar-refractivity contribution in [3.63, 3.8) is 0 Å². The van der Waals surface area contributed by atoms with E-state index in [1.165, 1.54) is 13.1 Å². The zero-order valence-electron chi connectivity index (χ0n) is 6.46. The van der Waals surface area contributed by atoms with E-state index in [0.717, 1.165) is 5.69 Å². The third-order valence-electron chi connectivity index (χ3n) is 1.18. The van der Waals surface area contributed by atoms with Crippen molar-refractivity contribution >= 4 is 11.7 Å². The first-order chi connectivity index (χ1) is 5.20. The molecule has 58 valence electrons. The summed E-state index contributed by atoms with van der Waals surface area (Å²) in [7, 11) is 0. The predicted molar refractivity (Wildman–Crippen MR) is 41.1 cm³/mol. The molecule has 0 aliphatic carbocycles. The molecule has 0 fully saturated rings. The Morgan fingerprint density at radius 3 is 2.64 bits per heavy atom. The summed E-state index contributed by atoms with van der Waals surface area (Å²) in [6.45, 7) is 3.23. The van der Waals surface area contributed by atoms with Gasteiger partial charge < -0.3 is 5.32 Å². The van der Waals surface area contributed by atoms with Crippen LogP contribution in [-0.4, -0.2) is 15.9 Å². The van der Waals surface area contributed by atoms with Crippen molar-refractivity contribution in [1.82, 2.24) is 9.97 Å². The van der Waals surface area contributed by atoms with Gasteiger partial charge in [0.05, 0.1) is 5.69 Å².